The lowest BCUT2D eigenvalue weighted by Gasteiger charge is -2.23. The Labute approximate surface area is 154 Å². The molecule has 26 heavy (non-hydrogen) atoms. The molecular formula is C19H26N6O. The van der Waals surface area contributed by atoms with E-state index in [-0.39, 0.29) is 6.10 Å². The zero-order valence-electron chi connectivity index (χ0n) is 15.6. The van der Waals surface area contributed by atoms with Gasteiger partial charge in [0.15, 0.2) is 5.96 Å². The Morgan fingerprint density at radius 1 is 1.27 bits per heavy atom. The summed E-state index contributed by atoms with van der Waals surface area (Å²) >= 11 is 0. The average molecular weight is 354 g/mol. The van der Waals surface area contributed by atoms with Crippen LogP contribution < -0.4 is 15.0 Å². The second kappa shape index (κ2) is 8.51. The molecule has 2 aromatic rings. The number of hydrogen-bond acceptors (Lipinski definition) is 5. The van der Waals surface area contributed by atoms with Crippen LogP contribution in [0.2, 0.25) is 0 Å². The molecule has 0 bridgehead atoms. The molecule has 1 atom stereocenters. The third kappa shape index (κ3) is 4.41. The van der Waals surface area contributed by atoms with Crippen molar-refractivity contribution in [3.63, 3.8) is 0 Å². The summed E-state index contributed by atoms with van der Waals surface area (Å²) in [5.74, 6) is 2.52. The summed E-state index contributed by atoms with van der Waals surface area (Å²) in [5, 5.41) is 3.45. The SMILES string of the molecule is CN=C(NCc1cccnc1N(C)C)N1CCC(Oc2ccccn2)C1. The van der Waals surface area contributed by atoms with Gasteiger partial charge in [0.1, 0.15) is 11.9 Å². The van der Waals surface area contributed by atoms with E-state index in [0.29, 0.717) is 12.4 Å². The number of guanidine groups is 1. The van der Waals surface area contributed by atoms with Crippen molar-refractivity contribution in [1.82, 2.24) is 20.2 Å². The summed E-state index contributed by atoms with van der Waals surface area (Å²) in [6.45, 7) is 2.38. The molecule has 3 rings (SSSR count). The smallest absolute Gasteiger partial charge is 0.213 e. The Balaban J connectivity index is 1.57. The van der Waals surface area contributed by atoms with Gasteiger partial charge in [-0.1, -0.05) is 12.1 Å². The molecule has 0 saturated carbocycles. The van der Waals surface area contributed by atoms with E-state index in [0.717, 1.165) is 36.9 Å². The lowest BCUT2D eigenvalue weighted by Crippen LogP contribution is -2.40. The van der Waals surface area contributed by atoms with Gasteiger partial charge < -0.3 is 19.9 Å². The standard InChI is InChI=1S/C19H26N6O/c1-20-19(23-13-15-7-6-11-22-18(15)24(2)3)25-12-9-16(14-25)26-17-8-4-5-10-21-17/h4-8,10-11,16H,9,12-14H2,1-3H3,(H,20,23). The van der Waals surface area contributed by atoms with Crippen LogP contribution in [0.5, 0.6) is 5.88 Å². The highest BCUT2D eigenvalue weighted by Gasteiger charge is 2.26. The molecule has 1 aliphatic rings. The summed E-state index contributed by atoms with van der Waals surface area (Å²) in [4.78, 5) is 17.3. The lowest BCUT2D eigenvalue weighted by atomic mass is 10.2. The fourth-order valence-corrected chi connectivity index (χ4v) is 3.08. The van der Waals surface area contributed by atoms with Crippen molar-refractivity contribution < 1.29 is 4.74 Å². The van der Waals surface area contributed by atoms with Crippen LogP contribution in [-0.2, 0) is 6.54 Å². The predicted molar refractivity (Wildman–Crippen MR) is 104 cm³/mol. The van der Waals surface area contributed by atoms with Crippen molar-refractivity contribution in [2.24, 2.45) is 4.99 Å². The first-order valence-corrected chi connectivity index (χ1v) is 8.82. The number of pyridine rings is 2. The lowest BCUT2D eigenvalue weighted by molar-refractivity contribution is 0.205. The maximum absolute atomic E-state index is 5.96. The number of nitrogens with zero attached hydrogens (tertiary/aromatic N) is 5. The zero-order valence-corrected chi connectivity index (χ0v) is 15.6. The molecule has 0 aromatic carbocycles. The molecule has 0 amide bonds. The summed E-state index contributed by atoms with van der Waals surface area (Å²) in [6.07, 6.45) is 4.64. The first-order chi connectivity index (χ1) is 12.7. The van der Waals surface area contributed by atoms with Crippen molar-refractivity contribution in [3.8, 4) is 5.88 Å². The molecule has 0 radical (unpaired) electrons. The maximum atomic E-state index is 5.96. The van der Waals surface area contributed by atoms with Gasteiger partial charge in [0.05, 0.1) is 6.54 Å². The van der Waals surface area contributed by atoms with E-state index in [4.69, 9.17) is 4.74 Å². The van der Waals surface area contributed by atoms with Crippen molar-refractivity contribution in [2.75, 3.05) is 39.1 Å². The van der Waals surface area contributed by atoms with Crippen molar-refractivity contribution >= 4 is 11.8 Å². The van der Waals surface area contributed by atoms with Gasteiger partial charge in [-0.15, -0.1) is 0 Å². The minimum Gasteiger partial charge on any atom is -0.472 e. The summed E-state index contributed by atoms with van der Waals surface area (Å²) in [7, 11) is 5.81. The molecule has 1 saturated heterocycles. The van der Waals surface area contributed by atoms with E-state index in [9.17, 15) is 0 Å². The molecule has 1 N–H and O–H groups in total. The van der Waals surface area contributed by atoms with Gasteiger partial charge in [0.2, 0.25) is 5.88 Å². The Hall–Kier alpha value is -2.83. The number of ether oxygens (including phenoxy) is 1. The second-order valence-corrected chi connectivity index (χ2v) is 6.42. The van der Waals surface area contributed by atoms with Gasteiger partial charge in [-0.3, -0.25) is 4.99 Å². The normalized spacial score (nSPS) is 17.3. The highest BCUT2D eigenvalue weighted by Crippen LogP contribution is 2.17. The van der Waals surface area contributed by atoms with E-state index in [1.165, 1.54) is 0 Å². The van der Waals surface area contributed by atoms with Gasteiger partial charge >= 0.3 is 0 Å². The number of likely N-dealkylation sites (tertiary alicyclic amines) is 1. The fraction of sp³-hybridized carbons (Fsp3) is 0.421. The van der Waals surface area contributed by atoms with Gasteiger partial charge in [0, 0.05) is 64.7 Å². The van der Waals surface area contributed by atoms with Crippen LogP contribution >= 0.6 is 0 Å². The van der Waals surface area contributed by atoms with Crippen molar-refractivity contribution in [2.45, 2.75) is 19.1 Å². The van der Waals surface area contributed by atoms with Gasteiger partial charge in [0.25, 0.3) is 0 Å². The molecule has 0 aliphatic carbocycles. The molecule has 3 heterocycles. The van der Waals surface area contributed by atoms with Crippen LogP contribution in [0.4, 0.5) is 5.82 Å². The first-order valence-electron chi connectivity index (χ1n) is 8.82. The molecule has 1 aliphatic heterocycles. The van der Waals surface area contributed by atoms with Crippen molar-refractivity contribution in [3.05, 3.63) is 48.3 Å². The minimum absolute atomic E-state index is 0.124. The van der Waals surface area contributed by atoms with E-state index in [1.807, 2.05) is 56.5 Å². The van der Waals surface area contributed by atoms with E-state index >= 15 is 0 Å². The minimum atomic E-state index is 0.124. The van der Waals surface area contributed by atoms with Gasteiger partial charge in [-0.25, -0.2) is 9.97 Å². The third-order valence-corrected chi connectivity index (χ3v) is 4.31. The number of anilines is 1. The molecule has 7 nitrogen and oxygen atoms in total. The number of aliphatic imine (C=N–C) groups is 1. The van der Waals surface area contributed by atoms with Crippen LogP contribution in [0.25, 0.3) is 0 Å². The number of hydrogen-bond donors (Lipinski definition) is 1. The quantitative estimate of drug-likeness (QED) is 0.652. The zero-order chi connectivity index (χ0) is 18.4. The van der Waals surface area contributed by atoms with Crippen LogP contribution in [-0.4, -0.2) is 61.2 Å². The van der Waals surface area contributed by atoms with Crippen LogP contribution in [0.15, 0.2) is 47.7 Å². The molecule has 1 fully saturated rings. The average Bonchev–Trinajstić information content (AvgIpc) is 3.11. The van der Waals surface area contributed by atoms with Crippen molar-refractivity contribution in [1.29, 1.82) is 0 Å². The molecular weight excluding hydrogens is 328 g/mol. The Bertz CT molecular complexity index is 734. The second-order valence-electron chi connectivity index (χ2n) is 6.42. The summed E-state index contributed by atoms with van der Waals surface area (Å²) in [6, 6.07) is 9.76. The van der Waals surface area contributed by atoms with Gasteiger partial charge in [-0.05, 0) is 12.1 Å². The predicted octanol–water partition coefficient (Wildman–Crippen LogP) is 1.77. The Kier molecular flexibility index (Phi) is 5.88. The van der Waals surface area contributed by atoms with Crippen LogP contribution in [0.1, 0.15) is 12.0 Å². The molecule has 2 aromatic heterocycles. The third-order valence-electron chi connectivity index (χ3n) is 4.31. The topological polar surface area (TPSA) is 65.9 Å². The Morgan fingerprint density at radius 3 is 2.85 bits per heavy atom. The number of aromatic nitrogens is 2. The Morgan fingerprint density at radius 2 is 2.12 bits per heavy atom. The van der Waals surface area contributed by atoms with Gasteiger partial charge in [-0.2, -0.15) is 0 Å². The molecule has 138 valence electrons. The van der Waals surface area contributed by atoms with Crippen LogP contribution in [0.3, 0.4) is 0 Å². The number of rotatable bonds is 5. The van der Waals surface area contributed by atoms with Crippen LogP contribution in [0, 0.1) is 0 Å². The van der Waals surface area contributed by atoms with E-state index in [2.05, 4.69) is 31.2 Å². The number of nitrogens with one attached hydrogen (secondary N) is 1. The summed E-state index contributed by atoms with van der Waals surface area (Å²) in [5.41, 5.74) is 1.14. The van der Waals surface area contributed by atoms with E-state index in [1.54, 1.807) is 6.20 Å². The fourth-order valence-electron chi connectivity index (χ4n) is 3.08. The molecule has 0 spiro atoms. The van der Waals surface area contributed by atoms with E-state index < -0.39 is 0 Å². The monoisotopic (exact) mass is 354 g/mol. The maximum Gasteiger partial charge on any atom is 0.213 e. The molecule has 1 unspecified atom stereocenters. The molecule has 7 heteroatoms. The largest absolute Gasteiger partial charge is 0.472 e. The summed E-state index contributed by atoms with van der Waals surface area (Å²) < 4.78 is 5.96. The highest BCUT2D eigenvalue weighted by molar-refractivity contribution is 5.80. The first kappa shape index (κ1) is 18.0. The highest BCUT2D eigenvalue weighted by atomic mass is 16.5.